The molecule has 1 aliphatic rings. The topological polar surface area (TPSA) is 41.6 Å². The van der Waals surface area contributed by atoms with Gasteiger partial charge in [0.25, 0.3) is 0 Å². The second-order valence-corrected chi connectivity index (χ2v) is 6.52. The molecule has 1 atom stereocenters. The number of hydrogen-bond acceptors (Lipinski definition) is 3. The zero-order valence-electron chi connectivity index (χ0n) is 14.8. The molecule has 1 heterocycles. The van der Waals surface area contributed by atoms with E-state index in [4.69, 9.17) is 4.74 Å². The minimum absolute atomic E-state index is 0.0755. The van der Waals surface area contributed by atoms with Gasteiger partial charge in [-0.25, -0.2) is 0 Å². The van der Waals surface area contributed by atoms with E-state index in [-0.39, 0.29) is 11.9 Å². The first-order chi connectivity index (χ1) is 12.3. The summed E-state index contributed by atoms with van der Waals surface area (Å²) in [6.45, 7) is 2.51. The van der Waals surface area contributed by atoms with E-state index >= 15 is 0 Å². The van der Waals surface area contributed by atoms with Gasteiger partial charge < -0.3 is 10.1 Å². The van der Waals surface area contributed by atoms with E-state index in [1.165, 1.54) is 19.3 Å². The lowest BCUT2D eigenvalue weighted by Crippen LogP contribution is -2.41. The van der Waals surface area contributed by atoms with Crippen LogP contribution in [0.15, 0.2) is 54.6 Å². The van der Waals surface area contributed by atoms with Crippen molar-refractivity contribution in [3.05, 3.63) is 65.7 Å². The maximum Gasteiger partial charge on any atom is 0.234 e. The molecule has 1 aliphatic heterocycles. The van der Waals surface area contributed by atoms with Crippen LogP contribution >= 0.6 is 0 Å². The molecule has 4 nitrogen and oxygen atoms in total. The standard InChI is InChI=1S/C21H26N2O2/c1-25-19-12-10-18(11-13-19)21(17-8-4-2-5-9-17)22-20(24)16-23-14-6-3-7-15-23/h2,4-5,8-13,21H,3,6-7,14-16H2,1H3,(H,22,24)/t21-/m0/s1. The molecule has 2 aromatic rings. The van der Waals surface area contributed by atoms with Crippen molar-refractivity contribution in [1.82, 2.24) is 10.2 Å². The highest BCUT2D eigenvalue weighted by atomic mass is 16.5. The second-order valence-electron chi connectivity index (χ2n) is 6.52. The third-order valence-corrected chi connectivity index (χ3v) is 4.70. The molecule has 3 rings (SSSR count). The quantitative estimate of drug-likeness (QED) is 0.878. The van der Waals surface area contributed by atoms with E-state index in [1.807, 2.05) is 42.5 Å². The highest BCUT2D eigenvalue weighted by molar-refractivity contribution is 5.79. The van der Waals surface area contributed by atoms with E-state index in [0.717, 1.165) is 30.0 Å². The molecule has 0 bridgehead atoms. The largest absolute Gasteiger partial charge is 0.497 e. The Morgan fingerprint density at radius 2 is 1.64 bits per heavy atom. The van der Waals surface area contributed by atoms with Crippen molar-refractivity contribution in [2.75, 3.05) is 26.7 Å². The second kappa shape index (κ2) is 8.67. The fraction of sp³-hybridized carbons (Fsp3) is 0.381. The lowest BCUT2D eigenvalue weighted by molar-refractivity contribution is -0.123. The van der Waals surface area contributed by atoms with Crippen LogP contribution < -0.4 is 10.1 Å². The highest BCUT2D eigenvalue weighted by Gasteiger charge is 2.19. The summed E-state index contributed by atoms with van der Waals surface area (Å²) in [7, 11) is 1.66. The van der Waals surface area contributed by atoms with Crippen LogP contribution in [0.4, 0.5) is 0 Å². The molecule has 2 aromatic carbocycles. The third kappa shape index (κ3) is 4.83. The lowest BCUT2D eigenvalue weighted by Gasteiger charge is -2.27. The fourth-order valence-electron chi connectivity index (χ4n) is 3.33. The van der Waals surface area contributed by atoms with Crippen LogP contribution in [0.2, 0.25) is 0 Å². The van der Waals surface area contributed by atoms with Gasteiger partial charge in [0.1, 0.15) is 5.75 Å². The van der Waals surface area contributed by atoms with E-state index < -0.39 is 0 Å². The predicted molar refractivity (Wildman–Crippen MR) is 99.7 cm³/mol. The van der Waals surface area contributed by atoms with Crippen molar-refractivity contribution < 1.29 is 9.53 Å². The number of methoxy groups -OCH3 is 1. The Bertz CT molecular complexity index is 664. The Balaban J connectivity index is 1.75. The number of ether oxygens (including phenoxy) is 1. The van der Waals surface area contributed by atoms with E-state index in [0.29, 0.717) is 6.54 Å². The Morgan fingerprint density at radius 3 is 2.28 bits per heavy atom. The number of amides is 1. The Kier molecular flexibility index (Phi) is 6.07. The van der Waals surface area contributed by atoms with Crippen LogP contribution in [-0.2, 0) is 4.79 Å². The summed E-state index contributed by atoms with van der Waals surface area (Å²) in [5.41, 5.74) is 2.14. The summed E-state index contributed by atoms with van der Waals surface area (Å²) in [6, 6.07) is 17.8. The number of nitrogens with zero attached hydrogens (tertiary/aromatic N) is 1. The van der Waals surface area contributed by atoms with Gasteiger partial charge in [0, 0.05) is 0 Å². The van der Waals surface area contributed by atoms with Gasteiger partial charge in [0.05, 0.1) is 19.7 Å². The zero-order chi connectivity index (χ0) is 17.5. The summed E-state index contributed by atoms with van der Waals surface area (Å²) in [4.78, 5) is 14.9. The van der Waals surface area contributed by atoms with Crippen LogP contribution in [0, 0.1) is 0 Å². The molecule has 1 amide bonds. The van der Waals surface area contributed by atoms with Gasteiger partial charge in [0.15, 0.2) is 0 Å². The number of rotatable bonds is 6. The zero-order valence-corrected chi connectivity index (χ0v) is 14.8. The number of carbonyl (C=O) groups excluding carboxylic acids is 1. The Morgan fingerprint density at radius 1 is 1.00 bits per heavy atom. The van der Waals surface area contributed by atoms with Crippen molar-refractivity contribution in [3.8, 4) is 5.75 Å². The average Bonchev–Trinajstić information content (AvgIpc) is 2.68. The van der Waals surface area contributed by atoms with Crippen molar-refractivity contribution in [2.24, 2.45) is 0 Å². The average molecular weight is 338 g/mol. The SMILES string of the molecule is COc1ccc([C@@H](NC(=O)CN2CCCCC2)c2ccccc2)cc1. The van der Waals surface area contributed by atoms with Crippen LogP contribution in [0.1, 0.15) is 36.4 Å². The summed E-state index contributed by atoms with van der Waals surface area (Å²) in [5, 5.41) is 3.21. The first-order valence-corrected chi connectivity index (χ1v) is 8.97. The Hall–Kier alpha value is -2.33. The monoisotopic (exact) mass is 338 g/mol. The molecule has 0 radical (unpaired) electrons. The van der Waals surface area contributed by atoms with Gasteiger partial charge in [-0.1, -0.05) is 48.9 Å². The molecule has 0 aromatic heterocycles. The van der Waals surface area contributed by atoms with Crippen LogP contribution in [-0.4, -0.2) is 37.6 Å². The summed E-state index contributed by atoms with van der Waals surface area (Å²) >= 11 is 0. The van der Waals surface area contributed by atoms with E-state index in [2.05, 4.69) is 22.3 Å². The molecule has 4 heteroatoms. The van der Waals surface area contributed by atoms with Crippen LogP contribution in [0.25, 0.3) is 0 Å². The number of nitrogens with one attached hydrogen (secondary N) is 1. The van der Waals surface area contributed by atoms with E-state index in [1.54, 1.807) is 7.11 Å². The van der Waals surface area contributed by atoms with Crippen molar-refractivity contribution >= 4 is 5.91 Å². The maximum absolute atomic E-state index is 12.6. The van der Waals surface area contributed by atoms with Crippen LogP contribution in [0.5, 0.6) is 5.75 Å². The van der Waals surface area contributed by atoms with Gasteiger partial charge in [0.2, 0.25) is 5.91 Å². The maximum atomic E-state index is 12.6. The summed E-state index contributed by atoms with van der Waals surface area (Å²) in [6.07, 6.45) is 3.65. The Labute approximate surface area is 149 Å². The van der Waals surface area contributed by atoms with Crippen molar-refractivity contribution in [1.29, 1.82) is 0 Å². The van der Waals surface area contributed by atoms with Crippen molar-refractivity contribution in [2.45, 2.75) is 25.3 Å². The molecule has 25 heavy (non-hydrogen) atoms. The van der Waals surface area contributed by atoms with Gasteiger partial charge in [-0.3, -0.25) is 9.69 Å². The number of carbonyl (C=O) groups is 1. The van der Waals surface area contributed by atoms with E-state index in [9.17, 15) is 4.79 Å². The molecule has 1 saturated heterocycles. The molecular formula is C21H26N2O2. The molecule has 0 spiro atoms. The number of hydrogen-bond donors (Lipinski definition) is 1. The van der Waals surface area contributed by atoms with Crippen LogP contribution in [0.3, 0.4) is 0 Å². The lowest BCUT2D eigenvalue weighted by atomic mass is 9.98. The summed E-state index contributed by atoms with van der Waals surface area (Å²) < 4.78 is 5.24. The highest BCUT2D eigenvalue weighted by Crippen LogP contribution is 2.24. The molecule has 132 valence electrons. The number of benzene rings is 2. The number of likely N-dealkylation sites (tertiary alicyclic amines) is 1. The third-order valence-electron chi connectivity index (χ3n) is 4.70. The molecule has 1 N–H and O–H groups in total. The minimum atomic E-state index is -0.149. The smallest absolute Gasteiger partial charge is 0.234 e. The predicted octanol–water partition coefficient (Wildman–Crippen LogP) is 3.39. The minimum Gasteiger partial charge on any atom is -0.497 e. The molecule has 1 fully saturated rings. The van der Waals surface area contributed by atoms with Gasteiger partial charge in [-0.05, 0) is 49.2 Å². The van der Waals surface area contributed by atoms with Gasteiger partial charge in [-0.15, -0.1) is 0 Å². The molecule has 0 unspecified atom stereocenters. The number of piperidine rings is 1. The van der Waals surface area contributed by atoms with Crippen molar-refractivity contribution in [3.63, 3.8) is 0 Å². The molecular weight excluding hydrogens is 312 g/mol. The molecule has 0 saturated carbocycles. The van der Waals surface area contributed by atoms with Gasteiger partial charge in [-0.2, -0.15) is 0 Å². The fourth-order valence-corrected chi connectivity index (χ4v) is 3.33. The summed E-state index contributed by atoms with van der Waals surface area (Å²) in [5.74, 6) is 0.891. The first-order valence-electron chi connectivity index (χ1n) is 8.97. The first kappa shape index (κ1) is 17.5. The van der Waals surface area contributed by atoms with Gasteiger partial charge >= 0.3 is 0 Å². The molecule has 0 aliphatic carbocycles. The normalized spacial score (nSPS) is 16.2.